The van der Waals surface area contributed by atoms with E-state index in [9.17, 15) is 9.90 Å². The smallest absolute Gasteiger partial charge is 0.224 e. The van der Waals surface area contributed by atoms with Crippen LogP contribution in [0.3, 0.4) is 0 Å². The molecule has 4 heteroatoms. The molecule has 1 aliphatic carbocycles. The number of amides is 1. The number of benzene rings is 1. The molecule has 0 saturated heterocycles. The molecule has 104 valence electrons. The highest BCUT2D eigenvalue weighted by Crippen LogP contribution is 2.28. The molecular weight excluding hydrogens is 242 g/mol. The molecule has 2 rings (SSSR count). The number of ether oxygens (including phenoxy) is 1. The molecule has 2 N–H and O–H groups in total. The van der Waals surface area contributed by atoms with Crippen molar-refractivity contribution in [3.8, 4) is 5.75 Å². The van der Waals surface area contributed by atoms with Gasteiger partial charge in [0.05, 0.1) is 19.1 Å². The van der Waals surface area contributed by atoms with Crippen LogP contribution in [0.25, 0.3) is 0 Å². The summed E-state index contributed by atoms with van der Waals surface area (Å²) in [6, 6.07) is 7.44. The third-order valence-corrected chi connectivity index (χ3v) is 3.67. The minimum Gasteiger partial charge on any atom is -0.497 e. The van der Waals surface area contributed by atoms with Crippen molar-refractivity contribution in [2.75, 3.05) is 13.7 Å². The molecular formula is C15H21NO3. The number of hydrogen-bond acceptors (Lipinski definition) is 3. The van der Waals surface area contributed by atoms with Gasteiger partial charge >= 0.3 is 0 Å². The first kappa shape index (κ1) is 13.9. The molecule has 1 aromatic rings. The summed E-state index contributed by atoms with van der Waals surface area (Å²) in [7, 11) is 1.62. The Kier molecular flexibility index (Phi) is 4.43. The zero-order valence-electron chi connectivity index (χ0n) is 11.3. The molecule has 1 aromatic carbocycles. The third-order valence-electron chi connectivity index (χ3n) is 3.67. The van der Waals surface area contributed by atoms with E-state index in [0.717, 1.165) is 37.0 Å². The van der Waals surface area contributed by atoms with E-state index in [1.54, 1.807) is 7.11 Å². The van der Waals surface area contributed by atoms with E-state index in [2.05, 4.69) is 5.32 Å². The number of aliphatic hydroxyl groups is 1. The topological polar surface area (TPSA) is 58.6 Å². The maximum absolute atomic E-state index is 11.8. The van der Waals surface area contributed by atoms with Gasteiger partial charge in [-0.25, -0.2) is 0 Å². The minimum atomic E-state index is -0.685. The Morgan fingerprint density at radius 3 is 2.53 bits per heavy atom. The lowest BCUT2D eigenvalue weighted by molar-refractivity contribution is -0.121. The quantitative estimate of drug-likeness (QED) is 0.849. The van der Waals surface area contributed by atoms with Gasteiger partial charge in [0.15, 0.2) is 0 Å². The summed E-state index contributed by atoms with van der Waals surface area (Å²) >= 11 is 0. The van der Waals surface area contributed by atoms with Crippen LogP contribution >= 0.6 is 0 Å². The van der Waals surface area contributed by atoms with Crippen LogP contribution in [0.5, 0.6) is 5.75 Å². The van der Waals surface area contributed by atoms with E-state index in [-0.39, 0.29) is 5.91 Å². The second-order valence-corrected chi connectivity index (χ2v) is 5.23. The molecule has 1 amide bonds. The molecule has 0 atom stereocenters. The van der Waals surface area contributed by atoms with Crippen molar-refractivity contribution in [2.45, 2.75) is 37.7 Å². The van der Waals surface area contributed by atoms with Crippen molar-refractivity contribution in [1.82, 2.24) is 5.32 Å². The highest BCUT2D eigenvalue weighted by atomic mass is 16.5. The van der Waals surface area contributed by atoms with Crippen LogP contribution in [-0.2, 0) is 11.2 Å². The molecule has 1 saturated carbocycles. The Hall–Kier alpha value is -1.55. The Morgan fingerprint density at radius 2 is 1.95 bits per heavy atom. The summed E-state index contributed by atoms with van der Waals surface area (Å²) in [5.74, 6) is 0.731. The lowest BCUT2D eigenvalue weighted by Gasteiger charge is -2.22. The average molecular weight is 263 g/mol. The molecule has 1 fully saturated rings. The molecule has 0 unspecified atom stereocenters. The predicted octanol–water partition coefficient (Wildman–Crippen LogP) is 1.66. The molecule has 0 radical (unpaired) electrons. The van der Waals surface area contributed by atoms with Crippen LogP contribution in [0.4, 0.5) is 0 Å². The summed E-state index contributed by atoms with van der Waals surface area (Å²) in [6.07, 6.45) is 4.00. The van der Waals surface area contributed by atoms with Gasteiger partial charge in [-0.1, -0.05) is 25.0 Å². The lowest BCUT2D eigenvalue weighted by Crippen LogP contribution is -2.41. The Bertz CT molecular complexity index is 422. The van der Waals surface area contributed by atoms with Gasteiger partial charge in [0.2, 0.25) is 5.91 Å². The van der Waals surface area contributed by atoms with E-state index in [4.69, 9.17) is 4.74 Å². The molecule has 19 heavy (non-hydrogen) atoms. The molecule has 0 heterocycles. The van der Waals surface area contributed by atoms with Crippen molar-refractivity contribution in [3.05, 3.63) is 29.8 Å². The van der Waals surface area contributed by atoms with E-state index >= 15 is 0 Å². The van der Waals surface area contributed by atoms with Gasteiger partial charge in [0.25, 0.3) is 0 Å². The molecule has 0 spiro atoms. The van der Waals surface area contributed by atoms with Gasteiger partial charge in [-0.2, -0.15) is 0 Å². The number of methoxy groups -OCH3 is 1. The maximum atomic E-state index is 11.8. The Labute approximate surface area is 113 Å². The highest BCUT2D eigenvalue weighted by Gasteiger charge is 2.31. The summed E-state index contributed by atoms with van der Waals surface area (Å²) in [5, 5.41) is 13.0. The second kappa shape index (κ2) is 6.06. The Morgan fingerprint density at radius 1 is 1.32 bits per heavy atom. The van der Waals surface area contributed by atoms with Crippen molar-refractivity contribution in [2.24, 2.45) is 0 Å². The SMILES string of the molecule is COc1ccc(CC(=O)NCC2(O)CCCC2)cc1. The van der Waals surface area contributed by atoms with Crippen molar-refractivity contribution in [1.29, 1.82) is 0 Å². The fourth-order valence-corrected chi connectivity index (χ4v) is 2.46. The van der Waals surface area contributed by atoms with Crippen LogP contribution in [0.1, 0.15) is 31.2 Å². The minimum absolute atomic E-state index is 0.0505. The lowest BCUT2D eigenvalue weighted by atomic mass is 10.0. The zero-order chi connectivity index (χ0) is 13.7. The fraction of sp³-hybridized carbons (Fsp3) is 0.533. The van der Waals surface area contributed by atoms with E-state index in [1.807, 2.05) is 24.3 Å². The maximum Gasteiger partial charge on any atom is 0.224 e. The normalized spacial score (nSPS) is 17.2. The number of carbonyl (C=O) groups is 1. The Balaban J connectivity index is 1.80. The van der Waals surface area contributed by atoms with Gasteiger partial charge < -0.3 is 15.2 Å². The van der Waals surface area contributed by atoms with Gasteiger partial charge in [-0.3, -0.25) is 4.79 Å². The van der Waals surface area contributed by atoms with E-state index in [0.29, 0.717) is 13.0 Å². The number of hydrogen-bond donors (Lipinski definition) is 2. The van der Waals surface area contributed by atoms with Crippen molar-refractivity contribution < 1.29 is 14.6 Å². The monoisotopic (exact) mass is 263 g/mol. The molecule has 0 bridgehead atoms. The van der Waals surface area contributed by atoms with E-state index < -0.39 is 5.60 Å². The molecule has 0 aromatic heterocycles. The average Bonchev–Trinajstić information content (AvgIpc) is 2.85. The van der Waals surface area contributed by atoms with Crippen molar-refractivity contribution in [3.63, 3.8) is 0 Å². The summed E-state index contributed by atoms with van der Waals surface area (Å²) in [6.45, 7) is 0.363. The van der Waals surface area contributed by atoms with E-state index in [1.165, 1.54) is 0 Å². The second-order valence-electron chi connectivity index (χ2n) is 5.23. The molecule has 4 nitrogen and oxygen atoms in total. The highest BCUT2D eigenvalue weighted by molar-refractivity contribution is 5.78. The van der Waals surface area contributed by atoms with Crippen LogP contribution in [0.15, 0.2) is 24.3 Å². The zero-order valence-corrected chi connectivity index (χ0v) is 11.3. The summed E-state index contributed by atoms with van der Waals surface area (Å²) in [5.41, 5.74) is 0.256. The number of carbonyl (C=O) groups excluding carboxylic acids is 1. The largest absolute Gasteiger partial charge is 0.497 e. The first-order chi connectivity index (χ1) is 9.11. The van der Waals surface area contributed by atoms with Crippen molar-refractivity contribution >= 4 is 5.91 Å². The van der Waals surface area contributed by atoms with Gasteiger partial charge in [-0.15, -0.1) is 0 Å². The van der Waals surface area contributed by atoms with Crippen LogP contribution in [0, 0.1) is 0 Å². The number of nitrogens with one attached hydrogen (secondary N) is 1. The fourth-order valence-electron chi connectivity index (χ4n) is 2.46. The summed E-state index contributed by atoms with van der Waals surface area (Å²) < 4.78 is 5.07. The van der Waals surface area contributed by atoms with Gasteiger partial charge in [-0.05, 0) is 30.5 Å². The van der Waals surface area contributed by atoms with Gasteiger partial charge in [0, 0.05) is 6.54 Å². The van der Waals surface area contributed by atoms with Crippen LogP contribution in [-0.4, -0.2) is 30.3 Å². The van der Waals surface area contributed by atoms with Crippen LogP contribution < -0.4 is 10.1 Å². The number of rotatable bonds is 5. The standard InChI is InChI=1S/C15H21NO3/c1-19-13-6-4-12(5-7-13)10-14(17)16-11-15(18)8-2-3-9-15/h4-7,18H,2-3,8-11H2,1H3,(H,16,17). The summed E-state index contributed by atoms with van der Waals surface area (Å²) in [4.78, 5) is 11.8. The van der Waals surface area contributed by atoms with Crippen LogP contribution in [0.2, 0.25) is 0 Å². The molecule has 0 aliphatic heterocycles. The predicted molar refractivity (Wildman–Crippen MR) is 73.1 cm³/mol. The van der Waals surface area contributed by atoms with Gasteiger partial charge in [0.1, 0.15) is 5.75 Å². The molecule has 1 aliphatic rings. The third kappa shape index (κ3) is 3.96. The first-order valence-corrected chi connectivity index (χ1v) is 6.73. The first-order valence-electron chi connectivity index (χ1n) is 6.73.